The Balaban J connectivity index is 1.76. The van der Waals surface area contributed by atoms with E-state index >= 15 is 0 Å². The smallest absolute Gasteiger partial charge is 0.269 e. The average Bonchev–Trinajstić information content (AvgIpc) is 2.71. The molecular formula is C22H27N3O4. The van der Waals surface area contributed by atoms with Crippen LogP contribution in [-0.4, -0.2) is 30.9 Å². The molecule has 3 amide bonds. The molecule has 2 aromatic rings. The first-order valence-electron chi connectivity index (χ1n) is 9.58. The SMILES string of the molecule is CCCCOc1ccc(C(=O)NCC(=O)NNC(=O)c2ccc(C)cc2C)cc1. The second-order valence-electron chi connectivity index (χ2n) is 6.73. The van der Waals surface area contributed by atoms with Crippen LogP contribution in [-0.2, 0) is 4.79 Å². The van der Waals surface area contributed by atoms with Gasteiger partial charge in [0.15, 0.2) is 0 Å². The van der Waals surface area contributed by atoms with Gasteiger partial charge in [0.2, 0.25) is 0 Å². The minimum atomic E-state index is -0.531. The lowest BCUT2D eigenvalue weighted by molar-refractivity contribution is -0.120. The quantitative estimate of drug-likeness (QED) is 0.471. The first kappa shape index (κ1) is 21.9. The Morgan fingerprint density at radius 3 is 2.31 bits per heavy atom. The predicted molar refractivity (Wildman–Crippen MR) is 111 cm³/mol. The largest absolute Gasteiger partial charge is 0.494 e. The molecule has 2 rings (SSSR count). The van der Waals surface area contributed by atoms with Gasteiger partial charge in [-0.2, -0.15) is 0 Å². The molecule has 0 bridgehead atoms. The van der Waals surface area contributed by atoms with E-state index in [9.17, 15) is 14.4 Å². The molecule has 0 aliphatic carbocycles. The third-order valence-electron chi connectivity index (χ3n) is 4.23. The minimum Gasteiger partial charge on any atom is -0.494 e. The zero-order chi connectivity index (χ0) is 21.2. The molecule has 2 aromatic carbocycles. The zero-order valence-electron chi connectivity index (χ0n) is 17.0. The summed E-state index contributed by atoms with van der Waals surface area (Å²) < 4.78 is 5.55. The van der Waals surface area contributed by atoms with E-state index in [0.717, 1.165) is 24.0 Å². The summed E-state index contributed by atoms with van der Waals surface area (Å²) in [7, 11) is 0. The molecular weight excluding hydrogens is 370 g/mol. The molecule has 154 valence electrons. The van der Waals surface area contributed by atoms with Gasteiger partial charge in [-0.15, -0.1) is 0 Å². The number of benzene rings is 2. The molecule has 7 nitrogen and oxygen atoms in total. The van der Waals surface area contributed by atoms with Crippen molar-refractivity contribution in [1.29, 1.82) is 0 Å². The number of rotatable bonds is 8. The number of unbranched alkanes of at least 4 members (excludes halogenated alkanes) is 1. The number of ether oxygens (including phenoxy) is 1. The van der Waals surface area contributed by atoms with Crippen molar-refractivity contribution < 1.29 is 19.1 Å². The summed E-state index contributed by atoms with van der Waals surface area (Å²) in [6.07, 6.45) is 2.02. The lowest BCUT2D eigenvalue weighted by atomic mass is 10.1. The Bertz CT molecular complexity index is 863. The summed E-state index contributed by atoms with van der Waals surface area (Å²) in [4.78, 5) is 36.2. The second-order valence-corrected chi connectivity index (χ2v) is 6.73. The minimum absolute atomic E-state index is 0.263. The number of aryl methyl sites for hydroxylation is 2. The molecule has 0 saturated carbocycles. The fraction of sp³-hybridized carbons (Fsp3) is 0.318. The average molecular weight is 397 g/mol. The molecule has 0 aliphatic rings. The van der Waals surface area contributed by atoms with Crippen LogP contribution in [0.3, 0.4) is 0 Å². The maximum atomic E-state index is 12.1. The third-order valence-corrected chi connectivity index (χ3v) is 4.23. The van der Waals surface area contributed by atoms with Crippen LogP contribution in [0.5, 0.6) is 5.75 Å². The van der Waals surface area contributed by atoms with Gasteiger partial charge in [0.25, 0.3) is 17.7 Å². The summed E-state index contributed by atoms with van der Waals surface area (Å²) in [5.41, 5.74) is 7.39. The van der Waals surface area contributed by atoms with Crippen molar-refractivity contribution in [3.8, 4) is 5.75 Å². The molecule has 7 heteroatoms. The van der Waals surface area contributed by atoms with E-state index in [0.29, 0.717) is 23.5 Å². The van der Waals surface area contributed by atoms with Gasteiger partial charge in [-0.3, -0.25) is 25.2 Å². The second kappa shape index (κ2) is 10.8. The number of amides is 3. The van der Waals surface area contributed by atoms with E-state index in [2.05, 4.69) is 23.1 Å². The van der Waals surface area contributed by atoms with E-state index in [-0.39, 0.29) is 12.5 Å². The van der Waals surface area contributed by atoms with Crippen LogP contribution in [0, 0.1) is 13.8 Å². The van der Waals surface area contributed by atoms with E-state index < -0.39 is 11.8 Å². The van der Waals surface area contributed by atoms with Crippen LogP contribution >= 0.6 is 0 Å². The van der Waals surface area contributed by atoms with Crippen LogP contribution in [0.25, 0.3) is 0 Å². The van der Waals surface area contributed by atoms with E-state index in [4.69, 9.17) is 4.74 Å². The van der Waals surface area contributed by atoms with E-state index in [1.54, 1.807) is 30.3 Å². The Morgan fingerprint density at radius 1 is 0.931 bits per heavy atom. The third kappa shape index (κ3) is 6.95. The van der Waals surface area contributed by atoms with Gasteiger partial charge in [0.05, 0.1) is 13.2 Å². The van der Waals surface area contributed by atoms with Crippen LogP contribution in [0.4, 0.5) is 0 Å². The van der Waals surface area contributed by atoms with Gasteiger partial charge in [-0.05, 0) is 56.2 Å². The molecule has 0 radical (unpaired) electrons. The van der Waals surface area contributed by atoms with Crippen molar-refractivity contribution in [2.45, 2.75) is 33.6 Å². The van der Waals surface area contributed by atoms with Crippen molar-refractivity contribution in [3.05, 3.63) is 64.7 Å². The molecule has 0 saturated heterocycles. The van der Waals surface area contributed by atoms with Crippen LogP contribution in [0.15, 0.2) is 42.5 Å². The number of hydrazine groups is 1. The van der Waals surface area contributed by atoms with Gasteiger partial charge in [-0.25, -0.2) is 0 Å². The van der Waals surface area contributed by atoms with Crippen molar-refractivity contribution >= 4 is 17.7 Å². The van der Waals surface area contributed by atoms with E-state index in [1.165, 1.54) is 0 Å². The van der Waals surface area contributed by atoms with Crippen LogP contribution < -0.4 is 20.9 Å². The molecule has 0 heterocycles. The number of carbonyl (C=O) groups excluding carboxylic acids is 3. The van der Waals surface area contributed by atoms with Gasteiger partial charge in [0.1, 0.15) is 5.75 Å². The molecule has 0 aromatic heterocycles. The van der Waals surface area contributed by atoms with Gasteiger partial charge in [0, 0.05) is 11.1 Å². The van der Waals surface area contributed by atoms with E-state index in [1.807, 2.05) is 26.0 Å². The maximum Gasteiger partial charge on any atom is 0.269 e. The summed E-state index contributed by atoms with van der Waals surface area (Å²) in [6.45, 7) is 6.22. The lowest BCUT2D eigenvalue weighted by Crippen LogP contribution is -2.46. The first-order valence-corrected chi connectivity index (χ1v) is 9.58. The topological polar surface area (TPSA) is 96.5 Å². The fourth-order valence-corrected chi connectivity index (χ4v) is 2.61. The van der Waals surface area contributed by atoms with Crippen molar-refractivity contribution in [3.63, 3.8) is 0 Å². The summed E-state index contributed by atoms with van der Waals surface area (Å²) >= 11 is 0. The maximum absolute atomic E-state index is 12.1. The Kier molecular flexibility index (Phi) is 8.21. The molecule has 29 heavy (non-hydrogen) atoms. The van der Waals surface area contributed by atoms with Gasteiger partial charge >= 0.3 is 0 Å². The number of hydrogen-bond acceptors (Lipinski definition) is 4. The summed E-state index contributed by atoms with van der Waals surface area (Å²) in [5, 5.41) is 2.51. The molecule has 3 N–H and O–H groups in total. The normalized spacial score (nSPS) is 10.2. The zero-order valence-corrected chi connectivity index (χ0v) is 17.0. The van der Waals surface area contributed by atoms with Crippen molar-refractivity contribution in [1.82, 2.24) is 16.2 Å². The summed E-state index contributed by atoms with van der Waals surface area (Å²) in [6, 6.07) is 12.1. The fourth-order valence-electron chi connectivity index (χ4n) is 2.61. The number of carbonyl (C=O) groups is 3. The molecule has 0 atom stereocenters. The molecule has 0 unspecified atom stereocenters. The first-order chi connectivity index (χ1) is 13.9. The van der Waals surface area contributed by atoms with Crippen molar-refractivity contribution in [2.75, 3.05) is 13.2 Å². The molecule has 0 fully saturated rings. The number of nitrogens with one attached hydrogen (secondary N) is 3. The Labute approximate surface area is 170 Å². The standard InChI is InChI=1S/C22H27N3O4/c1-4-5-12-29-18-9-7-17(8-10-18)21(27)23-14-20(26)24-25-22(28)19-11-6-15(2)13-16(19)3/h6-11,13H,4-5,12,14H2,1-3H3,(H,23,27)(H,24,26)(H,25,28). The van der Waals surface area contributed by atoms with Crippen LogP contribution in [0.2, 0.25) is 0 Å². The highest BCUT2D eigenvalue weighted by Gasteiger charge is 2.11. The highest BCUT2D eigenvalue weighted by atomic mass is 16.5. The van der Waals surface area contributed by atoms with Gasteiger partial charge < -0.3 is 10.1 Å². The Morgan fingerprint density at radius 2 is 1.66 bits per heavy atom. The number of hydrogen-bond donors (Lipinski definition) is 3. The highest BCUT2D eigenvalue weighted by Crippen LogP contribution is 2.13. The molecule has 0 aliphatic heterocycles. The van der Waals surface area contributed by atoms with Crippen molar-refractivity contribution in [2.24, 2.45) is 0 Å². The predicted octanol–water partition coefficient (Wildman–Crippen LogP) is 2.67. The monoisotopic (exact) mass is 397 g/mol. The summed E-state index contributed by atoms with van der Waals surface area (Å²) in [5.74, 6) is -0.639. The lowest BCUT2D eigenvalue weighted by Gasteiger charge is -2.10. The highest BCUT2D eigenvalue weighted by molar-refractivity contribution is 5.98. The Hall–Kier alpha value is -3.35. The molecule has 0 spiro atoms. The van der Waals surface area contributed by atoms with Crippen LogP contribution in [0.1, 0.15) is 51.6 Å². The van der Waals surface area contributed by atoms with Gasteiger partial charge in [-0.1, -0.05) is 31.0 Å².